The highest BCUT2D eigenvalue weighted by molar-refractivity contribution is 7.15. The Hall–Kier alpha value is -2.38. The lowest BCUT2D eigenvalue weighted by Crippen LogP contribution is -2.36. The van der Waals surface area contributed by atoms with Gasteiger partial charge in [0.2, 0.25) is 5.91 Å². The molecule has 2 aliphatic rings. The first-order valence-electron chi connectivity index (χ1n) is 8.45. The second kappa shape index (κ2) is 8.33. The molecule has 1 saturated heterocycles. The van der Waals surface area contributed by atoms with Crippen LogP contribution in [0.25, 0.3) is 0 Å². The predicted octanol–water partition coefficient (Wildman–Crippen LogP) is 1.03. The number of ether oxygens (including phenoxy) is 2. The van der Waals surface area contributed by atoms with Gasteiger partial charge in [-0.1, -0.05) is 11.3 Å². The molecule has 1 N–H and O–H groups in total. The van der Waals surface area contributed by atoms with E-state index in [2.05, 4.69) is 16.5 Å². The van der Waals surface area contributed by atoms with Gasteiger partial charge in [0.15, 0.2) is 11.3 Å². The van der Waals surface area contributed by atoms with Crippen molar-refractivity contribution in [3.8, 4) is 6.19 Å². The number of hydrogen-bond acceptors (Lipinski definition) is 8. The van der Waals surface area contributed by atoms with Gasteiger partial charge in [-0.3, -0.25) is 4.79 Å². The van der Waals surface area contributed by atoms with Crippen molar-refractivity contribution in [3.63, 3.8) is 0 Å². The fraction of sp³-hybridized carbons (Fsp3) is 0.625. The van der Waals surface area contributed by atoms with E-state index in [1.54, 1.807) is 16.9 Å². The number of aromatic nitrogens is 1. The molecule has 0 spiro atoms. The molecule has 3 rings (SSSR count). The maximum atomic E-state index is 12.3. The minimum atomic E-state index is -0.366. The van der Waals surface area contributed by atoms with Gasteiger partial charge in [0.1, 0.15) is 6.61 Å². The number of fused-ring (bicyclic) bond motifs is 1. The van der Waals surface area contributed by atoms with E-state index in [0.717, 1.165) is 10.6 Å². The van der Waals surface area contributed by atoms with Crippen molar-refractivity contribution < 1.29 is 19.1 Å². The van der Waals surface area contributed by atoms with Crippen LogP contribution in [-0.2, 0) is 27.2 Å². The van der Waals surface area contributed by atoms with Crippen LogP contribution >= 0.6 is 11.3 Å². The lowest BCUT2D eigenvalue weighted by atomic mass is 10.1. The highest BCUT2D eigenvalue weighted by atomic mass is 32.1. The van der Waals surface area contributed by atoms with E-state index in [9.17, 15) is 9.59 Å². The first-order chi connectivity index (χ1) is 12.6. The number of thiazole rings is 1. The molecule has 0 saturated carbocycles. The van der Waals surface area contributed by atoms with Crippen molar-refractivity contribution in [2.24, 2.45) is 5.92 Å². The maximum Gasteiger partial charge on any atom is 0.410 e. The van der Waals surface area contributed by atoms with Gasteiger partial charge in [0.25, 0.3) is 0 Å². The molecular formula is C16H21N5O4S. The molecule has 0 unspecified atom stereocenters. The third-order valence-corrected chi connectivity index (χ3v) is 5.43. The number of carbonyl (C=O) groups excluding carboxylic acids is 2. The average Bonchev–Trinajstić information content (AvgIpc) is 3.27. The Balaban J connectivity index is 1.55. The van der Waals surface area contributed by atoms with E-state index in [-0.39, 0.29) is 24.5 Å². The Labute approximate surface area is 155 Å². The summed E-state index contributed by atoms with van der Waals surface area (Å²) >= 11 is 1.38. The topological polar surface area (TPSA) is 108 Å². The number of methoxy groups -OCH3 is 1. The summed E-state index contributed by atoms with van der Waals surface area (Å²) in [5.41, 5.74) is 0.913. The normalized spacial score (nSPS) is 19.0. The van der Waals surface area contributed by atoms with E-state index in [4.69, 9.17) is 14.7 Å². The molecule has 3 heterocycles. The third kappa shape index (κ3) is 4.23. The van der Waals surface area contributed by atoms with Crippen LogP contribution in [0.1, 0.15) is 17.0 Å². The van der Waals surface area contributed by atoms with Crippen molar-refractivity contribution in [2.45, 2.75) is 19.4 Å². The quantitative estimate of drug-likeness (QED) is 0.601. The second-order valence-electron chi connectivity index (χ2n) is 6.19. The van der Waals surface area contributed by atoms with Gasteiger partial charge in [-0.2, -0.15) is 5.26 Å². The molecule has 1 atom stereocenters. The number of hydrogen-bond donors (Lipinski definition) is 1. The summed E-state index contributed by atoms with van der Waals surface area (Å²) in [5, 5.41) is 12.3. The van der Waals surface area contributed by atoms with Crippen LogP contribution < -0.4 is 5.32 Å². The molecule has 140 valence electrons. The SMILES string of the molecule is COCCOC(=O)N1CCc2nc(NC(=O)[C@H]3CCN(C#N)C3)sc2C1. The Kier molecular flexibility index (Phi) is 5.90. The highest BCUT2D eigenvalue weighted by Gasteiger charge is 2.30. The summed E-state index contributed by atoms with van der Waals surface area (Å²) in [7, 11) is 1.55. The molecule has 2 amide bonds. The molecular weight excluding hydrogens is 358 g/mol. The summed E-state index contributed by atoms with van der Waals surface area (Å²) in [6, 6.07) is 0. The van der Waals surface area contributed by atoms with Crippen molar-refractivity contribution in [3.05, 3.63) is 10.6 Å². The fourth-order valence-corrected chi connectivity index (χ4v) is 4.01. The molecule has 10 heteroatoms. The monoisotopic (exact) mass is 379 g/mol. The number of nitriles is 1. The zero-order chi connectivity index (χ0) is 18.5. The molecule has 0 aromatic carbocycles. The first-order valence-corrected chi connectivity index (χ1v) is 9.27. The minimum Gasteiger partial charge on any atom is -0.447 e. The van der Waals surface area contributed by atoms with Crippen molar-refractivity contribution in [1.82, 2.24) is 14.8 Å². The van der Waals surface area contributed by atoms with E-state index < -0.39 is 0 Å². The third-order valence-electron chi connectivity index (χ3n) is 4.43. The number of anilines is 1. The van der Waals surface area contributed by atoms with E-state index in [0.29, 0.717) is 50.8 Å². The Morgan fingerprint density at radius 3 is 3.00 bits per heavy atom. The van der Waals surface area contributed by atoms with Crippen LogP contribution in [0.15, 0.2) is 0 Å². The summed E-state index contributed by atoms with van der Waals surface area (Å²) in [6.45, 7) is 2.63. The fourth-order valence-electron chi connectivity index (χ4n) is 2.98. The summed E-state index contributed by atoms with van der Waals surface area (Å²) < 4.78 is 10.0. The van der Waals surface area contributed by atoms with Gasteiger partial charge in [-0.05, 0) is 6.42 Å². The lowest BCUT2D eigenvalue weighted by Gasteiger charge is -2.25. The smallest absolute Gasteiger partial charge is 0.410 e. The van der Waals surface area contributed by atoms with Gasteiger partial charge in [-0.15, -0.1) is 0 Å². The van der Waals surface area contributed by atoms with Crippen LogP contribution in [0.2, 0.25) is 0 Å². The van der Waals surface area contributed by atoms with Crippen molar-refractivity contribution in [1.29, 1.82) is 5.26 Å². The molecule has 2 aliphatic heterocycles. The molecule has 1 fully saturated rings. The number of amides is 2. The van der Waals surface area contributed by atoms with Crippen LogP contribution in [0, 0.1) is 17.4 Å². The number of nitrogens with zero attached hydrogens (tertiary/aromatic N) is 4. The Morgan fingerprint density at radius 2 is 2.27 bits per heavy atom. The molecule has 26 heavy (non-hydrogen) atoms. The standard InChI is InChI=1S/C16H21N5O4S/c1-24-6-7-25-16(23)21-5-3-12-13(9-21)26-15(18-12)19-14(22)11-2-4-20(8-11)10-17/h11H,2-9H2,1H3,(H,18,19,22)/t11-/m0/s1. The maximum absolute atomic E-state index is 12.3. The largest absolute Gasteiger partial charge is 0.447 e. The number of nitrogens with one attached hydrogen (secondary N) is 1. The van der Waals surface area contributed by atoms with Crippen LogP contribution in [0.3, 0.4) is 0 Å². The van der Waals surface area contributed by atoms with Crippen LogP contribution in [-0.4, -0.2) is 66.7 Å². The van der Waals surface area contributed by atoms with Gasteiger partial charge in [-0.25, -0.2) is 9.78 Å². The second-order valence-corrected chi connectivity index (χ2v) is 7.27. The van der Waals surface area contributed by atoms with Gasteiger partial charge < -0.3 is 24.6 Å². The zero-order valence-electron chi connectivity index (χ0n) is 14.6. The van der Waals surface area contributed by atoms with Crippen LogP contribution in [0.4, 0.5) is 9.93 Å². The predicted molar refractivity (Wildman–Crippen MR) is 93.4 cm³/mol. The van der Waals surface area contributed by atoms with Crippen molar-refractivity contribution in [2.75, 3.05) is 45.3 Å². The summed E-state index contributed by atoms with van der Waals surface area (Å²) in [4.78, 5) is 33.0. The molecule has 0 aliphatic carbocycles. The molecule has 1 aromatic heterocycles. The van der Waals surface area contributed by atoms with E-state index in [1.807, 2.05) is 0 Å². The van der Waals surface area contributed by atoms with Gasteiger partial charge in [0, 0.05) is 38.0 Å². The van der Waals surface area contributed by atoms with Gasteiger partial charge in [0.05, 0.1) is 24.8 Å². The minimum absolute atomic E-state index is 0.107. The Morgan fingerprint density at radius 1 is 1.42 bits per heavy atom. The molecule has 1 aromatic rings. The lowest BCUT2D eigenvalue weighted by molar-refractivity contribution is -0.119. The van der Waals surface area contributed by atoms with E-state index >= 15 is 0 Å². The van der Waals surface area contributed by atoms with Crippen molar-refractivity contribution >= 4 is 28.5 Å². The zero-order valence-corrected chi connectivity index (χ0v) is 15.4. The Bertz CT molecular complexity index is 716. The molecule has 0 bridgehead atoms. The number of rotatable bonds is 5. The first kappa shape index (κ1) is 18.4. The highest BCUT2D eigenvalue weighted by Crippen LogP contribution is 2.29. The number of carbonyl (C=O) groups is 2. The average molecular weight is 379 g/mol. The summed E-state index contributed by atoms with van der Waals surface area (Å²) in [6.07, 6.45) is 3.01. The van der Waals surface area contributed by atoms with Gasteiger partial charge >= 0.3 is 6.09 Å². The molecule has 0 radical (unpaired) electrons. The van der Waals surface area contributed by atoms with Crippen LogP contribution in [0.5, 0.6) is 0 Å². The molecule has 9 nitrogen and oxygen atoms in total. The van der Waals surface area contributed by atoms with E-state index in [1.165, 1.54) is 11.3 Å². The number of likely N-dealkylation sites (tertiary alicyclic amines) is 1. The summed E-state index contributed by atoms with van der Waals surface area (Å²) in [5.74, 6) is -0.299.